The van der Waals surface area contributed by atoms with E-state index < -0.39 is 5.92 Å². The number of nitrogens with zero attached hydrogens (tertiary/aromatic N) is 2. The van der Waals surface area contributed by atoms with Crippen molar-refractivity contribution in [3.05, 3.63) is 129 Å². The van der Waals surface area contributed by atoms with Crippen molar-refractivity contribution in [1.82, 2.24) is 9.80 Å². The van der Waals surface area contributed by atoms with E-state index in [0.717, 1.165) is 23.1 Å². The SMILES string of the molecule is CC(C)N(CC(=O)N1CCc2sccc2[C@H]1c1ccc(C(C)(C)C)cc1)C(=O)C(c1ccccc1)c1ccccc1. The van der Waals surface area contributed by atoms with Crippen LogP contribution in [0.15, 0.2) is 96.4 Å². The van der Waals surface area contributed by atoms with Crippen LogP contribution in [0.4, 0.5) is 0 Å². The molecule has 0 unspecified atom stereocenters. The van der Waals surface area contributed by atoms with Gasteiger partial charge in [-0.2, -0.15) is 0 Å². The Morgan fingerprint density at radius 2 is 1.46 bits per heavy atom. The lowest BCUT2D eigenvalue weighted by atomic mass is 9.85. The molecule has 1 aliphatic rings. The summed E-state index contributed by atoms with van der Waals surface area (Å²) in [5, 5.41) is 2.13. The van der Waals surface area contributed by atoms with E-state index in [2.05, 4.69) is 56.5 Å². The molecule has 0 bridgehead atoms. The lowest BCUT2D eigenvalue weighted by Gasteiger charge is -2.39. The summed E-state index contributed by atoms with van der Waals surface area (Å²) in [7, 11) is 0. The molecule has 1 aromatic heterocycles. The molecule has 41 heavy (non-hydrogen) atoms. The molecule has 0 fully saturated rings. The smallest absolute Gasteiger partial charge is 0.243 e. The van der Waals surface area contributed by atoms with Crippen LogP contribution in [0.3, 0.4) is 0 Å². The minimum Gasteiger partial charge on any atom is -0.330 e. The summed E-state index contributed by atoms with van der Waals surface area (Å²) in [6.45, 7) is 11.3. The van der Waals surface area contributed by atoms with Crippen LogP contribution in [0.2, 0.25) is 0 Å². The first-order valence-electron chi connectivity index (χ1n) is 14.5. The monoisotopic (exact) mass is 564 g/mol. The Labute approximate surface area is 248 Å². The van der Waals surface area contributed by atoms with Gasteiger partial charge in [-0.3, -0.25) is 9.59 Å². The number of carbonyl (C=O) groups is 2. The molecule has 1 atom stereocenters. The van der Waals surface area contributed by atoms with Crippen molar-refractivity contribution >= 4 is 23.2 Å². The molecule has 2 heterocycles. The van der Waals surface area contributed by atoms with Crippen molar-refractivity contribution in [3.8, 4) is 0 Å². The summed E-state index contributed by atoms with van der Waals surface area (Å²) in [6.07, 6.45) is 0.835. The number of hydrogen-bond acceptors (Lipinski definition) is 3. The first kappa shape index (κ1) is 28.8. The molecule has 0 saturated carbocycles. The molecule has 4 aromatic rings. The fourth-order valence-corrected chi connectivity index (χ4v) is 6.70. The van der Waals surface area contributed by atoms with Gasteiger partial charge < -0.3 is 9.80 Å². The minimum atomic E-state index is -0.474. The van der Waals surface area contributed by atoms with Crippen LogP contribution in [-0.4, -0.2) is 40.7 Å². The van der Waals surface area contributed by atoms with Gasteiger partial charge in [-0.25, -0.2) is 0 Å². The predicted octanol–water partition coefficient (Wildman–Crippen LogP) is 7.59. The Kier molecular flexibility index (Phi) is 8.46. The highest BCUT2D eigenvalue weighted by Crippen LogP contribution is 2.39. The van der Waals surface area contributed by atoms with Crippen LogP contribution < -0.4 is 0 Å². The van der Waals surface area contributed by atoms with E-state index in [1.165, 1.54) is 16.0 Å². The lowest BCUT2D eigenvalue weighted by molar-refractivity contribution is -0.143. The third-order valence-electron chi connectivity index (χ3n) is 8.10. The molecule has 4 nitrogen and oxygen atoms in total. The van der Waals surface area contributed by atoms with Crippen LogP contribution in [0.5, 0.6) is 0 Å². The van der Waals surface area contributed by atoms with Crippen LogP contribution >= 0.6 is 11.3 Å². The van der Waals surface area contributed by atoms with Gasteiger partial charge in [0.25, 0.3) is 0 Å². The largest absolute Gasteiger partial charge is 0.330 e. The van der Waals surface area contributed by atoms with E-state index in [1.54, 1.807) is 16.2 Å². The Morgan fingerprint density at radius 3 is 2.00 bits per heavy atom. The number of benzene rings is 3. The molecule has 5 heteroatoms. The van der Waals surface area contributed by atoms with Crippen molar-refractivity contribution in [2.75, 3.05) is 13.1 Å². The summed E-state index contributed by atoms with van der Waals surface area (Å²) in [6, 6.07) is 30.3. The molecular weight excluding hydrogens is 524 g/mol. The van der Waals surface area contributed by atoms with Crippen molar-refractivity contribution in [2.45, 2.75) is 64.5 Å². The molecule has 0 saturated heterocycles. The Bertz CT molecular complexity index is 1430. The standard InChI is InChI=1S/C36H40N2O2S/c1-25(2)38(35(40)33(26-12-8-6-9-13-26)27-14-10-7-11-15-27)24-32(39)37-22-20-31-30(21-23-41-31)34(37)28-16-18-29(19-17-28)36(3,4)5/h6-19,21,23,25,33-34H,20,22,24H2,1-5H3/t34-/m1/s1. The highest BCUT2D eigenvalue weighted by atomic mass is 32.1. The number of amides is 2. The summed E-state index contributed by atoms with van der Waals surface area (Å²) < 4.78 is 0. The number of carbonyl (C=O) groups excluding carboxylic acids is 2. The second kappa shape index (κ2) is 12.0. The highest BCUT2D eigenvalue weighted by Gasteiger charge is 2.36. The van der Waals surface area contributed by atoms with E-state index in [1.807, 2.05) is 79.4 Å². The fraction of sp³-hybridized carbons (Fsp3) is 0.333. The minimum absolute atomic E-state index is 0.0197. The van der Waals surface area contributed by atoms with Crippen molar-refractivity contribution < 1.29 is 9.59 Å². The van der Waals surface area contributed by atoms with E-state index in [9.17, 15) is 9.59 Å². The van der Waals surface area contributed by atoms with Gasteiger partial charge in [-0.1, -0.05) is 106 Å². The molecule has 0 aliphatic carbocycles. The molecule has 0 spiro atoms. The Hall–Kier alpha value is -3.70. The zero-order valence-electron chi connectivity index (χ0n) is 24.7. The van der Waals surface area contributed by atoms with Crippen LogP contribution in [0.25, 0.3) is 0 Å². The second-order valence-corrected chi connectivity index (χ2v) is 13.2. The molecule has 0 radical (unpaired) electrons. The number of fused-ring (bicyclic) bond motifs is 1. The van der Waals surface area contributed by atoms with Gasteiger partial charge in [0.05, 0.1) is 12.0 Å². The van der Waals surface area contributed by atoms with E-state index in [-0.39, 0.29) is 35.9 Å². The molecule has 2 amide bonds. The Balaban J connectivity index is 1.46. The first-order chi connectivity index (χ1) is 19.6. The maximum Gasteiger partial charge on any atom is 0.243 e. The van der Waals surface area contributed by atoms with Gasteiger partial charge in [0, 0.05) is 17.5 Å². The van der Waals surface area contributed by atoms with Gasteiger partial charge >= 0.3 is 0 Å². The van der Waals surface area contributed by atoms with Crippen molar-refractivity contribution in [3.63, 3.8) is 0 Å². The van der Waals surface area contributed by atoms with Crippen LogP contribution in [0.1, 0.15) is 79.3 Å². The molecule has 5 rings (SSSR count). The van der Waals surface area contributed by atoms with E-state index >= 15 is 0 Å². The predicted molar refractivity (Wildman–Crippen MR) is 168 cm³/mol. The fourth-order valence-electron chi connectivity index (χ4n) is 5.80. The maximum atomic E-state index is 14.3. The van der Waals surface area contributed by atoms with Crippen molar-refractivity contribution in [2.24, 2.45) is 0 Å². The summed E-state index contributed by atoms with van der Waals surface area (Å²) in [5.74, 6) is -0.545. The van der Waals surface area contributed by atoms with E-state index in [4.69, 9.17) is 0 Å². The van der Waals surface area contributed by atoms with Gasteiger partial charge in [0.15, 0.2) is 0 Å². The van der Waals surface area contributed by atoms with Gasteiger partial charge in [0.2, 0.25) is 11.8 Å². The van der Waals surface area contributed by atoms with Gasteiger partial charge in [-0.15, -0.1) is 11.3 Å². The zero-order chi connectivity index (χ0) is 29.1. The topological polar surface area (TPSA) is 40.6 Å². The zero-order valence-corrected chi connectivity index (χ0v) is 25.5. The average Bonchev–Trinajstić information content (AvgIpc) is 3.45. The summed E-state index contributed by atoms with van der Waals surface area (Å²) >= 11 is 1.77. The van der Waals surface area contributed by atoms with Gasteiger partial charge in [0.1, 0.15) is 6.54 Å². The quantitative estimate of drug-likeness (QED) is 0.232. The molecule has 1 aliphatic heterocycles. The highest BCUT2D eigenvalue weighted by molar-refractivity contribution is 7.10. The number of rotatable bonds is 7. The summed E-state index contributed by atoms with van der Waals surface area (Å²) in [5.41, 5.74) is 5.50. The summed E-state index contributed by atoms with van der Waals surface area (Å²) in [4.78, 5) is 33.6. The van der Waals surface area contributed by atoms with Gasteiger partial charge in [-0.05, 0) is 64.9 Å². The molecule has 3 aromatic carbocycles. The molecule has 212 valence electrons. The Morgan fingerprint density at radius 1 is 0.878 bits per heavy atom. The van der Waals surface area contributed by atoms with Crippen molar-refractivity contribution in [1.29, 1.82) is 0 Å². The first-order valence-corrected chi connectivity index (χ1v) is 15.4. The second-order valence-electron chi connectivity index (χ2n) is 12.2. The molecule has 0 N–H and O–H groups in total. The molecular formula is C36H40N2O2S. The maximum absolute atomic E-state index is 14.3. The van der Waals surface area contributed by atoms with Crippen LogP contribution in [0, 0.1) is 0 Å². The average molecular weight is 565 g/mol. The van der Waals surface area contributed by atoms with Crippen LogP contribution in [-0.2, 0) is 21.4 Å². The van der Waals surface area contributed by atoms with E-state index in [0.29, 0.717) is 6.54 Å². The normalized spacial score (nSPS) is 15.2. The third kappa shape index (κ3) is 6.15. The lowest BCUT2D eigenvalue weighted by Crippen LogP contribution is -2.49. The third-order valence-corrected chi connectivity index (χ3v) is 9.10. The number of hydrogen-bond donors (Lipinski definition) is 0. The number of thiophene rings is 1.